The van der Waals surface area contributed by atoms with Gasteiger partial charge in [0.25, 0.3) is 0 Å². The van der Waals surface area contributed by atoms with Gasteiger partial charge in [-0.25, -0.2) is 0 Å². The Morgan fingerprint density at radius 3 is 3.10 bits per heavy atom. The summed E-state index contributed by atoms with van der Waals surface area (Å²) in [6.07, 6.45) is 4.12. The molecule has 0 aliphatic carbocycles. The number of aryl methyl sites for hydroxylation is 1. The Morgan fingerprint density at radius 2 is 2.35 bits per heavy atom. The van der Waals surface area contributed by atoms with E-state index in [1.54, 1.807) is 6.20 Å². The molecule has 0 bridgehead atoms. The third kappa shape index (κ3) is 2.99. The SMILES string of the molecule is Cc1ccc(CNC[C@@H]2CCCN2c2cccnn2)o1. The summed E-state index contributed by atoms with van der Waals surface area (Å²) in [7, 11) is 0. The molecular weight excluding hydrogens is 252 g/mol. The molecule has 1 aliphatic rings. The van der Waals surface area contributed by atoms with Gasteiger partial charge in [-0.15, -0.1) is 5.10 Å². The van der Waals surface area contributed by atoms with Gasteiger partial charge >= 0.3 is 0 Å². The molecule has 0 saturated carbocycles. The molecule has 1 N–H and O–H groups in total. The Bertz CT molecular complexity index is 540. The van der Waals surface area contributed by atoms with Crippen molar-refractivity contribution in [2.24, 2.45) is 0 Å². The van der Waals surface area contributed by atoms with Gasteiger partial charge in [0.2, 0.25) is 0 Å². The summed E-state index contributed by atoms with van der Waals surface area (Å²) in [6.45, 7) is 4.75. The summed E-state index contributed by atoms with van der Waals surface area (Å²) in [5, 5.41) is 11.7. The molecule has 3 rings (SSSR count). The molecule has 1 fully saturated rings. The molecule has 3 heterocycles. The average molecular weight is 272 g/mol. The topological polar surface area (TPSA) is 54.2 Å². The highest BCUT2D eigenvalue weighted by molar-refractivity contribution is 5.39. The Kier molecular flexibility index (Phi) is 3.97. The lowest BCUT2D eigenvalue weighted by Gasteiger charge is -2.25. The van der Waals surface area contributed by atoms with Crippen molar-refractivity contribution in [1.29, 1.82) is 0 Å². The van der Waals surface area contributed by atoms with Crippen LogP contribution in [0.5, 0.6) is 0 Å². The lowest BCUT2D eigenvalue weighted by atomic mass is 10.2. The maximum absolute atomic E-state index is 5.56. The molecule has 2 aromatic heterocycles. The van der Waals surface area contributed by atoms with Gasteiger partial charge in [-0.2, -0.15) is 5.10 Å². The molecule has 1 saturated heterocycles. The minimum Gasteiger partial charge on any atom is -0.465 e. The zero-order valence-corrected chi connectivity index (χ0v) is 11.7. The molecular formula is C15H20N4O. The smallest absolute Gasteiger partial charge is 0.151 e. The number of hydrogen-bond acceptors (Lipinski definition) is 5. The van der Waals surface area contributed by atoms with Crippen LogP contribution in [0.3, 0.4) is 0 Å². The second kappa shape index (κ2) is 6.05. The number of nitrogens with zero attached hydrogens (tertiary/aromatic N) is 3. The molecule has 20 heavy (non-hydrogen) atoms. The molecule has 1 aliphatic heterocycles. The maximum Gasteiger partial charge on any atom is 0.151 e. The summed E-state index contributed by atoms with van der Waals surface area (Å²) in [4.78, 5) is 2.34. The van der Waals surface area contributed by atoms with Gasteiger partial charge in [0, 0.05) is 25.3 Å². The van der Waals surface area contributed by atoms with Crippen molar-refractivity contribution in [3.63, 3.8) is 0 Å². The van der Waals surface area contributed by atoms with E-state index in [4.69, 9.17) is 4.42 Å². The fraction of sp³-hybridized carbons (Fsp3) is 0.467. The van der Waals surface area contributed by atoms with Crippen LogP contribution >= 0.6 is 0 Å². The zero-order chi connectivity index (χ0) is 13.8. The highest BCUT2D eigenvalue weighted by atomic mass is 16.3. The van der Waals surface area contributed by atoms with Crippen molar-refractivity contribution in [3.05, 3.63) is 42.0 Å². The third-order valence-corrected chi connectivity index (χ3v) is 3.70. The van der Waals surface area contributed by atoms with Gasteiger partial charge in [0.05, 0.1) is 6.54 Å². The standard InChI is InChI=1S/C15H20N4O/c1-12-6-7-14(20-12)11-16-10-13-4-3-9-19(13)15-5-2-8-17-18-15/h2,5-8,13,16H,3-4,9-11H2,1H3/t13-/m0/s1. The van der Waals surface area contributed by atoms with Crippen LogP contribution < -0.4 is 10.2 Å². The Balaban J connectivity index is 1.54. The summed E-state index contributed by atoms with van der Waals surface area (Å²) < 4.78 is 5.56. The zero-order valence-electron chi connectivity index (χ0n) is 11.7. The van der Waals surface area contributed by atoms with E-state index in [1.165, 1.54) is 12.8 Å². The number of rotatable bonds is 5. The fourth-order valence-corrected chi connectivity index (χ4v) is 2.74. The van der Waals surface area contributed by atoms with Gasteiger partial charge in [0.1, 0.15) is 11.5 Å². The average Bonchev–Trinajstić information content (AvgIpc) is 3.09. The number of furan rings is 1. The first kappa shape index (κ1) is 13.1. The molecule has 0 aromatic carbocycles. The predicted molar refractivity (Wildman–Crippen MR) is 77.6 cm³/mol. The number of hydrogen-bond donors (Lipinski definition) is 1. The van der Waals surface area contributed by atoms with Crippen LogP contribution in [-0.2, 0) is 6.54 Å². The molecule has 0 amide bonds. The maximum atomic E-state index is 5.56. The number of anilines is 1. The first-order chi connectivity index (χ1) is 9.83. The van der Waals surface area contributed by atoms with Crippen LogP contribution in [0.2, 0.25) is 0 Å². The molecule has 0 unspecified atom stereocenters. The van der Waals surface area contributed by atoms with Crippen molar-refractivity contribution in [2.45, 2.75) is 32.4 Å². The first-order valence-corrected chi connectivity index (χ1v) is 7.13. The van der Waals surface area contributed by atoms with E-state index in [-0.39, 0.29) is 0 Å². The predicted octanol–water partition coefficient (Wildman–Crippen LogP) is 2.14. The van der Waals surface area contributed by atoms with Crippen LogP contribution in [0, 0.1) is 6.92 Å². The van der Waals surface area contributed by atoms with Gasteiger partial charge in [0.15, 0.2) is 5.82 Å². The molecule has 1 atom stereocenters. The van der Waals surface area contributed by atoms with Crippen LogP contribution in [0.15, 0.2) is 34.9 Å². The fourth-order valence-electron chi connectivity index (χ4n) is 2.74. The summed E-state index contributed by atoms with van der Waals surface area (Å²) in [5.41, 5.74) is 0. The largest absolute Gasteiger partial charge is 0.465 e. The molecule has 0 spiro atoms. The molecule has 5 heteroatoms. The van der Waals surface area contributed by atoms with Crippen LogP contribution in [0.4, 0.5) is 5.82 Å². The van der Waals surface area contributed by atoms with Crippen molar-refractivity contribution in [3.8, 4) is 0 Å². The van der Waals surface area contributed by atoms with Gasteiger partial charge in [-0.05, 0) is 44.0 Å². The van der Waals surface area contributed by atoms with E-state index < -0.39 is 0 Å². The summed E-state index contributed by atoms with van der Waals surface area (Å²) in [5.74, 6) is 2.93. The second-order valence-electron chi connectivity index (χ2n) is 5.21. The van der Waals surface area contributed by atoms with Crippen LogP contribution in [0.1, 0.15) is 24.4 Å². The quantitative estimate of drug-likeness (QED) is 0.903. The highest BCUT2D eigenvalue weighted by Crippen LogP contribution is 2.22. The van der Waals surface area contributed by atoms with E-state index in [1.807, 2.05) is 31.2 Å². The Hall–Kier alpha value is -1.88. The Morgan fingerprint density at radius 1 is 1.40 bits per heavy atom. The minimum absolute atomic E-state index is 0.489. The number of nitrogens with one attached hydrogen (secondary N) is 1. The van der Waals surface area contributed by atoms with E-state index in [9.17, 15) is 0 Å². The molecule has 5 nitrogen and oxygen atoms in total. The minimum atomic E-state index is 0.489. The monoisotopic (exact) mass is 272 g/mol. The van der Waals surface area contributed by atoms with E-state index in [2.05, 4.69) is 20.4 Å². The Labute approximate surface area is 119 Å². The second-order valence-corrected chi connectivity index (χ2v) is 5.21. The highest BCUT2D eigenvalue weighted by Gasteiger charge is 2.25. The summed E-state index contributed by atoms with van der Waals surface area (Å²) >= 11 is 0. The van der Waals surface area contributed by atoms with E-state index >= 15 is 0 Å². The van der Waals surface area contributed by atoms with Crippen molar-refractivity contribution >= 4 is 5.82 Å². The van der Waals surface area contributed by atoms with Crippen LogP contribution in [-0.4, -0.2) is 29.3 Å². The van der Waals surface area contributed by atoms with Crippen molar-refractivity contribution in [1.82, 2.24) is 15.5 Å². The van der Waals surface area contributed by atoms with E-state index in [0.717, 1.165) is 37.0 Å². The van der Waals surface area contributed by atoms with E-state index in [0.29, 0.717) is 6.04 Å². The van der Waals surface area contributed by atoms with Crippen LogP contribution in [0.25, 0.3) is 0 Å². The molecule has 0 radical (unpaired) electrons. The lowest BCUT2D eigenvalue weighted by Crippen LogP contribution is -2.38. The van der Waals surface area contributed by atoms with Crippen molar-refractivity contribution < 1.29 is 4.42 Å². The van der Waals surface area contributed by atoms with Gasteiger partial charge in [-0.3, -0.25) is 0 Å². The number of aromatic nitrogens is 2. The van der Waals surface area contributed by atoms with Gasteiger partial charge in [-0.1, -0.05) is 0 Å². The first-order valence-electron chi connectivity index (χ1n) is 7.13. The lowest BCUT2D eigenvalue weighted by molar-refractivity contribution is 0.453. The molecule has 2 aromatic rings. The summed E-state index contributed by atoms with van der Waals surface area (Å²) in [6, 6.07) is 8.48. The molecule has 106 valence electrons. The normalized spacial score (nSPS) is 18.6. The van der Waals surface area contributed by atoms with Gasteiger partial charge < -0.3 is 14.6 Å². The van der Waals surface area contributed by atoms with Crippen molar-refractivity contribution in [2.75, 3.05) is 18.0 Å². The third-order valence-electron chi connectivity index (χ3n) is 3.70.